The molecule has 622 valence electrons. The summed E-state index contributed by atoms with van der Waals surface area (Å²) < 4.78 is 10.5. The van der Waals surface area contributed by atoms with Crippen molar-refractivity contribution in [1.82, 2.24) is 13.7 Å². The Balaban J connectivity index is 0.000000111. The Hall–Kier alpha value is -11.3. The van der Waals surface area contributed by atoms with Crippen molar-refractivity contribution in [3.63, 3.8) is 0 Å². The van der Waals surface area contributed by atoms with E-state index in [0.717, 1.165) is 54.9 Å². The predicted molar refractivity (Wildman–Crippen MR) is 540 cm³/mol. The Morgan fingerprint density at radius 1 is 0.288 bits per heavy atom. The number of hydrogen-bond acceptors (Lipinski definition) is 4. The maximum absolute atomic E-state index is 8.73. The zero-order chi connectivity index (χ0) is 85.3. The minimum atomic E-state index is -1.06. The third-order valence-corrected chi connectivity index (χ3v) is 28.7. The first kappa shape index (κ1) is 83.3. The van der Waals surface area contributed by atoms with Crippen molar-refractivity contribution in [3.05, 3.63) is 393 Å². The normalized spacial score (nSPS) is 15.1. The molecule has 3 saturated carbocycles. The minimum Gasteiger partial charge on any atom is -0.427 e. The van der Waals surface area contributed by atoms with Gasteiger partial charge >= 0.3 is 7.12 Å². The Labute approximate surface area is 761 Å². The van der Waals surface area contributed by atoms with Crippen LogP contribution in [-0.2, 0) is 10.8 Å². The maximum Gasteiger partial charge on any atom is 0.454 e. The lowest BCUT2D eigenvalue weighted by molar-refractivity contribution is 0.351. The highest BCUT2D eigenvalue weighted by Crippen LogP contribution is 2.53. The van der Waals surface area contributed by atoms with E-state index >= 15 is 0 Å². The molecule has 5 aliphatic rings. The van der Waals surface area contributed by atoms with Crippen LogP contribution in [0.5, 0.6) is 0 Å². The lowest BCUT2D eigenvalue weighted by atomic mass is 9.65. The van der Waals surface area contributed by atoms with Crippen LogP contribution in [0, 0.1) is 0 Å². The minimum absolute atomic E-state index is 0.0559. The Morgan fingerprint density at radius 3 is 1.04 bits per heavy atom. The number of benzene rings is 15. The van der Waals surface area contributed by atoms with E-state index in [0.29, 0.717) is 5.92 Å². The van der Waals surface area contributed by atoms with Crippen molar-refractivity contribution in [1.29, 1.82) is 0 Å². The lowest BCUT2D eigenvalue weighted by Gasteiger charge is -2.28. The van der Waals surface area contributed by atoms with Gasteiger partial charge in [0.25, 0.3) is 0 Å². The first-order chi connectivity index (χ1) is 61.1. The largest absolute Gasteiger partial charge is 0.454 e. The second-order valence-electron chi connectivity index (χ2n) is 35.7. The third kappa shape index (κ3) is 16.8. The van der Waals surface area contributed by atoms with Crippen LogP contribution in [0.4, 0.5) is 28.4 Å². The lowest BCUT2D eigenvalue weighted by Crippen LogP contribution is -2.22. The first-order valence-electron chi connectivity index (χ1n) is 45.0. The number of hydrogen-bond donors (Lipinski definition) is 3. The Kier molecular flexibility index (Phi) is 24.2. The molecule has 0 atom stereocenters. The molecule has 0 spiro atoms. The molecule has 0 saturated heterocycles. The summed E-state index contributed by atoms with van der Waals surface area (Å²) in [7, 11) is -1.06. The van der Waals surface area contributed by atoms with E-state index < -0.39 is 7.12 Å². The number of halogens is 3. The van der Waals surface area contributed by atoms with Crippen LogP contribution in [0.2, 0.25) is 5.82 Å². The highest BCUT2D eigenvalue weighted by atomic mass is 79.9. The second-order valence-corrected chi connectivity index (χ2v) is 38.5. The molecule has 0 aliphatic heterocycles. The van der Waals surface area contributed by atoms with Crippen LogP contribution >= 0.6 is 47.8 Å². The average molecular weight is 1830 g/mol. The van der Waals surface area contributed by atoms with Crippen molar-refractivity contribution in [2.75, 3.05) is 10.2 Å². The summed E-state index contributed by atoms with van der Waals surface area (Å²) in [6.45, 7) is 9.34. The van der Waals surface area contributed by atoms with Crippen LogP contribution in [-0.4, -0.2) is 30.9 Å². The molecule has 3 N–H and O–H groups in total. The van der Waals surface area contributed by atoms with Crippen LogP contribution < -0.4 is 10.2 Å². The van der Waals surface area contributed by atoms with Crippen molar-refractivity contribution in [2.45, 2.75) is 152 Å². The molecule has 3 aromatic heterocycles. The summed E-state index contributed by atoms with van der Waals surface area (Å²) in [5, 5.41) is 28.8. The number of fused-ring (bicyclic) bond motifs is 15. The molecule has 7 nitrogen and oxygen atoms in total. The van der Waals surface area contributed by atoms with Gasteiger partial charge in [0.1, 0.15) is 0 Å². The molecule has 0 radical (unpaired) electrons. The Morgan fingerprint density at radius 2 is 0.616 bits per heavy atom. The van der Waals surface area contributed by atoms with Gasteiger partial charge in [0.2, 0.25) is 0 Å². The summed E-state index contributed by atoms with van der Waals surface area (Å²) in [5.41, 5.74) is 30.9. The summed E-state index contributed by atoms with van der Waals surface area (Å²) in [4.78, 5) is 2.43. The van der Waals surface area contributed by atoms with E-state index in [1.807, 2.05) is 12.1 Å². The first-order valence-corrected chi connectivity index (χ1v) is 47.4. The van der Waals surface area contributed by atoms with Crippen molar-refractivity contribution in [2.24, 2.45) is 0 Å². The molecule has 0 amide bonds. The van der Waals surface area contributed by atoms with Gasteiger partial charge in [0, 0.05) is 102 Å². The van der Waals surface area contributed by atoms with Crippen molar-refractivity contribution >= 4 is 149 Å². The molecule has 15 aromatic carbocycles. The zero-order valence-corrected chi connectivity index (χ0v) is 76.4. The molecule has 18 aromatic rings. The standard InChI is InChI=1S/C45H40N2.C24H22BrN.C21H19N.C18H11Br2N.C6H13BO2/c1-45(2)41-21-13-12-20-37(41)38-26-23-35(29-42(38)45)46(33-16-8-4-9-17-33)36-24-27-40-39-25-22-32(31-14-6-3-7-15-31)28-43(39)47(44(40)30-36)34-18-10-5-11-19-34;25-19-12-14-22-21-13-11-18(17-7-3-1-4-8-17)15-23(21)26(24(22)16-19)20-9-5-2-6-10-20;1-21(2)19-11-7-6-10-17(19)18-13-12-16(14-20(18)21)22-15-8-4-3-5-9-15;19-12-6-8-15-16-9-7-13(20)11-18(16)21(17(15)10-12)14-4-2-1-3-5-14;8-7(9)6-4-2-1-3-5-6/h4-5,8-13,16-31H,3,6-7,14-15H2,1-2H3;2,5-6,9-17H,1,3-4,7-8H2;3-14,22H,1-2H3;1-11H;6,8-9H,1-5H2. The molecule has 11 heteroatoms. The molecular formula is C114H105BBr3N5O2. The molecule has 0 unspecified atom stereocenters. The van der Waals surface area contributed by atoms with E-state index in [2.05, 4.69) is 433 Å². The molecule has 23 rings (SSSR count). The number of para-hydroxylation sites is 5. The van der Waals surface area contributed by atoms with Gasteiger partial charge in [-0.25, -0.2) is 0 Å². The van der Waals surface area contributed by atoms with Gasteiger partial charge < -0.3 is 34.0 Å². The summed E-state index contributed by atoms with van der Waals surface area (Å²) in [6.07, 6.45) is 19.1. The SMILES string of the molecule is Brc1ccc2c3ccc(Br)cc3n(-c3ccccc3)c2c1.Brc1ccc2c3ccc(C4CCCCC4)cc3n(-c3ccccc3)c2c1.CC1(C)c2ccccc2-c2ccc(N(c3ccccc3)c3ccc4c5ccc(C6CCCCC6)cc5n(-c5ccccc5)c4c3)cc21.CC1(C)c2ccccc2-c2ccc(Nc3ccccc3)cc21.OB(O)C1CCCCC1. The van der Waals surface area contributed by atoms with E-state index in [9.17, 15) is 0 Å². The maximum atomic E-state index is 8.73. The van der Waals surface area contributed by atoms with Crippen LogP contribution in [0.15, 0.2) is 359 Å². The highest BCUT2D eigenvalue weighted by Gasteiger charge is 2.38. The van der Waals surface area contributed by atoms with E-state index in [1.54, 1.807) is 0 Å². The van der Waals surface area contributed by atoms with Crippen molar-refractivity contribution < 1.29 is 10.0 Å². The highest BCUT2D eigenvalue weighted by molar-refractivity contribution is 9.11. The van der Waals surface area contributed by atoms with Crippen LogP contribution in [0.1, 0.15) is 169 Å². The fourth-order valence-corrected chi connectivity index (χ4v) is 21.9. The summed E-state index contributed by atoms with van der Waals surface area (Å²) in [6, 6.07) is 126. The number of nitrogens with one attached hydrogen (secondary N) is 1. The molecule has 125 heavy (non-hydrogen) atoms. The van der Waals surface area contributed by atoms with Crippen molar-refractivity contribution in [3.8, 4) is 39.3 Å². The number of anilines is 5. The number of rotatable bonds is 11. The summed E-state index contributed by atoms with van der Waals surface area (Å²) >= 11 is 10.8. The third-order valence-electron chi connectivity index (χ3n) is 27.2. The zero-order valence-electron chi connectivity index (χ0n) is 71.6. The molecular weight excluding hydrogens is 1720 g/mol. The topological polar surface area (TPSA) is 70.5 Å². The molecule has 0 bridgehead atoms. The summed E-state index contributed by atoms with van der Waals surface area (Å²) in [5.74, 6) is 1.55. The van der Waals surface area contributed by atoms with Gasteiger partial charge in [-0.15, -0.1) is 0 Å². The van der Waals surface area contributed by atoms with E-state index in [-0.39, 0.29) is 16.6 Å². The van der Waals surface area contributed by atoms with Gasteiger partial charge in [-0.2, -0.15) is 0 Å². The molecule has 3 fully saturated rings. The average Bonchev–Trinajstić information content (AvgIpc) is 1.59. The van der Waals surface area contributed by atoms with E-state index in [4.69, 9.17) is 10.0 Å². The fourth-order valence-electron chi connectivity index (χ4n) is 20.8. The second kappa shape index (κ2) is 36.4. The van der Waals surface area contributed by atoms with Gasteiger partial charge in [0.15, 0.2) is 0 Å². The number of nitrogens with zero attached hydrogens (tertiary/aromatic N) is 4. The van der Waals surface area contributed by atoms with Crippen LogP contribution in [0.25, 0.3) is 105 Å². The monoisotopic (exact) mass is 1820 g/mol. The molecule has 3 heterocycles. The van der Waals surface area contributed by atoms with Gasteiger partial charge in [-0.05, 0) is 245 Å². The van der Waals surface area contributed by atoms with Gasteiger partial charge in [0.05, 0.1) is 33.1 Å². The number of aromatic nitrogens is 3. The quantitative estimate of drug-likeness (QED) is 0.113. The van der Waals surface area contributed by atoms with Gasteiger partial charge in [-0.1, -0.05) is 346 Å². The van der Waals surface area contributed by atoms with E-state index in [1.165, 1.54) is 227 Å². The predicted octanol–water partition coefficient (Wildman–Crippen LogP) is 33.0. The molecule has 5 aliphatic carbocycles. The van der Waals surface area contributed by atoms with Gasteiger partial charge in [-0.3, -0.25) is 0 Å². The smallest absolute Gasteiger partial charge is 0.427 e. The Bertz CT molecular complexity index is 6840. The fraction of sp³-hybridized carbons (Fsp3) is 0.211. The van der Waals surface area contributed by atoms with Crippen LogP contribution in [0.3, 0.4) is 0 Å².